The number of carbonyl (C=O) groups is 1. The molecule has 1 aromatic rings. The summed E-state index contributed by atoms with van der Waals surface area (Å²) in [6.07, 6.45) is 1.12. The van der Waals surface area contributed by atoms with Crippen LogP contribution in [0.4, 0.5) is 0 Å². The van der Waals surface area contributed by atoms with E-state index in [-0.39, 0.29) is 12.5 Å². The highest BCUT2D eigenvalue weighted by atomic mass is 35.5. The first-order valence-electron chi connectivity index (χ1n) is 7.92. The number of carbonyl (C=O) groups excluding carboxylic acids is 1. The minimum Gasteiger partial charge on any atom is -0.482 e. The number of ether oxygens (including phenoxy) is 2. The largest absolute Gasteiger partial charge is 0.482 e. The van der Waals surface area contributed by atoms with Crippen LogP contribution in [0.3, 0.4) is 0 Å². The Morgan fingerprint density at radius 3 is 2.79 bits per heavy atom. The van der Waals surface area contributed by atoms with Crippen LogP contribution in [0, 0.1) is 4.78 Å². The number of rotatable bonds is 3. The zero-order valence-electron chi connectivity index (χ0n) is 13.3. The van der Waals surface area contributed by atoms with Gasteiger partial charge in [0.05, 0.1) is 17.2 Å². The van der Waals surface area contributed by atoms with Crippen LogP contribution in [0.5, 0.6) is 5.75 Å². The molecule has 1 spiro atoms. The normalized spacial score (nSPS) is 30.3. The molecule has 2 aliphatic heterocycles. The summed E-state index contributed by atoms with van der Waals surface area (Å²) in [5.41, 5.74) is -0.458. The molecule has 0 saturated carbocycles. The van der Waals surface area contributed by atoms with E-state index in [4.69, 9.17) is 25.9 Å². The number of morpholine rings is 1. The Morgan fingerprint density at radius 1 is 1.38 bits per heavy atom. The molecule has 1 N–H and O–H groups in total. The van der Waals surface area contributed by atoms with Gasteiger partial charge in [0.15, 0.2) is 6.61 Å². The average Bonchev–Trinajstić information content (AvgIpc) is 2.57. The second-order valence-electron chi connectivity index (χ2n) is 6.29. The third-order valence-electron chi connectivity index (χ3n) is 4.56. The summed E-state index contributed by atoms with van der Waals surface area (Å²) >= 11 is 6.02. The van der Waals surface area contributed by atoms with Crippen LogP contribution in [0.2, 0.25) is 5.02 Å². The predicted molar refractivity (Wildman–Crippen MR) is 92.0 cm³/mol. The van der Waals surface area contributed by atoms with E-state index < -0.39 is 15.3 Å². The van der Waals surface area contributed by atoms with Gasteiger partial charge in [0.1, 0.15) is 5.75 Å². The smallest absolute Gasteiger partial charge is 0.260 e. The summed E-state index contributed by atoms with van der Waals surface area (Å²) in [5, 5.41) is 0.473. The van der Waals surface area contributed by atoms with Crippen molar-refractivity contribution in [1.82, 2.24) is 4.90 Å². The number of halogens is 1. The van der Waals surface area contributed by atoms with Crippen molar-refractivity contribution in [3.63, 3.8) is 0 Å². The highest BCUT2D eigenvalue weighted by Gasteiger charge is 2.41. The number of hydrogen-bond acceptors (Lipinski definition) is 5. The monoisotopic (exact) mass is 372 g/mol. The molecule has 1 aromatic carbocycles. The van der Waals surface area contributed by atoms with Crippen LogP contribution in [0.25, 0.3) is 0 Å². The number of para-hydroxylation sites is 1. The van der Waals surface area contributed by atoms with E-state index in [1.807, 2.05) is 0 Å². The number of hydrogen-bond donors (Lipinski definition) is 1. The molecule has 6 nitrogen and oxygen atoms in total. The lowest BCUT2D eigenvalue weighted by atomic mass is 9.94. The molecular weight excluding hydrogens is 352 g/mol. The molecule has 132 valence electrons. The van der Waals surface area contributed by atoms with Crippen LogP contribution in [-0.4, -0.2) is 58.4 Å². The Morgan fingerprint density at radius 2 is 2.08 bits per heavy atom. The van der Waals surface area contributed by atoms with Crippen molar-refractivity contribution < 1.29 is 18.5 Å². The number of benzene rings is 1. The molecule has 1 amide bonds. The Labute approximate surface area is 147 Å². The fraction of sp³-hybridized carbons (Fsp3) is 0.562. The molecule has 0 bridgehead atoms. The molecule has 2 heterocycles. The van der Waals surface area contributed by atoms with E-state index in [0.717, 1.165) is 0 Å². The Hall–Kier alpha value is -1.31. The minimum absolute atomic E-state index is 0.0744. The summed E-state index contributed by atoms with van der Waals surface area (Å²) in [4.78, 5) is 14.2. The average molecular weight is 373 g/mol. The molecule has 0 aliphatic carbocycles. The van der Waals surface area contributed by atoms with Crippen molar-refractivity contribution in [3.8, 4) is 5.75 Å². The minimum atomic E-state index is -2.47. The lowest BCUT2D eigenvalue weighted by molar-refractivity contribution is -0.153. The Kier molecular flexibility index (Phi) is 5.03. The molecule has 0 unspecified atom stereocenters. The molecule has 2 fully saturated rings. The summed E-state index contributed by atoms with van der Waals surface area (Å²) in [6.45, 7) is 1.36. The van der Waals surface area contributed by atoms with Gasteiger partial charge in [0, 0.05) is 34.3 Å². The van der Waals surface area contributed by atoms with Crippen LogP contribution >= 0.6 is 11.6 Å². The first kappa shape index (κ1) is 17.5. The maximum absolute atomic E-state index is 12.4. The molecule has 8 heteroatoms. The van der Waals surface area contributed by atoms with Crippen molar-refractivity contribution in [2.45, 2.75) is 18.4 Å². The zero-order valence-corrected chi connectivity index (χ0v) is 14.9. The van der Waals surface area contributed by atoms with Gasteiger partial charge >= 0.3 is 0 Å². The molecule has 24 heavy (non-hydrogen) atoms. The molecule has 2 aliphatic rings. The van der Waals surface area contributed by atoms with Crippen LogP contribution < -0.4 is 4.74 Å². The molecule has 0 atom stereocenters. The first-order chi connectivity index (χ1) is 11.4. The molecule has 0 radical (unpaired) electrons. The summed E-state index contributed by atoms with van der Waals surface area (Å²) in [6, 6.07) is 7.04. The summed E-state index contributed by atoms with van der Waals surface area (Å²) in [7, 11) is -2.47. The second kappa shape index (κ2) is 6.90. The Bertz CT molecular complexity index is 709. The van der Waals surface area contributed by atoms with Gasteiger partial charge in [-0.15, -0.1) is 0 Å². The topological polar surface area (TPSA) is 79.7 Å². The lowest BCUT2D eigenvalue weighted by Crippen LogP contribution is -2.57. The second-order valence-corrected chi connectivity index (χ2v) is 9.13. The number of nitrogens with zero attached hydrogens (tertiary/aromatic N) is 1. The zero-order chi connectivity index (χ0) is 17.2. The van der Waals surface area contributed by atoms with Crippen molar-refractivity contribution in [2.75, 3.05) is 37.8 Å². The Balaban J connectivity index is 1.58. The van der Waals surface area contributed by atoms with E-state index in [0.29, 0.717) is 54.8 Å². The SMILES string of the molecule is N=S1(=O)CCC2(CC1)CN(C(=O)COc1ccccc1Cl)CCO2. The number of amides is 1. The summed E-state index contributed by atoms with van der Waals surface area (Å²) in [5.74, 6) is 1.05. The fourth-order valence-electron chi connectivity index (χ4n) is 3.08. The van der Waals surface area contributed by atoms with E-state index in [9.17, 15) is 9.00 Å². The third kappa shape index (κ3) is 4.02. The van der Waals surface area contributed by atoms with Gasteiger partial charge < -0.3 is 14.4 Å². The standard InChI is InChI=1S/C16H21ClN2O4S/c17-13-3-1-2-4-14(13)22-11-15(20)19-7-8-23-16(12-19)5-9-24(18,21)10-6-16/h1-4,18H,5-12H2. The number of nitrogens with one attached hydrogen (secondary N) is 1. The van der Waals surface area contributed by atoms with E-state index in [1.165, 1.54) is 0 Å². The van der Waals surface area contributed by atoms with E-state index in [1.54, 1.807) is 29.2 Å². The van der Waals surface area contributed by atoms with Crippen molar-refractivity contribution in [3.05, 3.63) is 29.3 Å². The van der Waals surface area contributed by atoms with Gasteiger partial charge in [0.25, 0.3) is 5.91 Å². The summed E-state index contributed by atoms with van der Waals surface area (Å²) < 4.78 is 31.0. The van der Waals surface area contributed by atoms with Gasteiger partial charge in [-0.2, -0.15) is 0 Å². The van der Waals surface area contributed by atoms with Gasteiger partial charge in [-0.1, -0.05) is 23.7 Å². The highest BCUT2D eigenvalue weighted by Crippen LogP contribution is 2.31. The van der Waals surface area contributed by atoms with Crippen LogP contribution in [0.15, 0.2) is 24.3 Å². The van der Waals surface area contributed by atoms with E-state index in [2.05, 4.69) is 0 Å². The van der Waals surface area contributed by atoms with Crippen LogP contribution in [0.1, 0.15) is 12.8 Å². The van der Waals surface area contributed by atoms with Crippen molar-refractivity contribution in [1.29, 1.82) is 4.78 Å². The van der Waals surface area contributed by atoms with Crippen molar-refractivity contribution >= 4 is 27.2 Å². The lowest BCUT2D eigenvalue weighted by Gasteiger charge is -2.45. The van der Waals surface area contributed by atoms with Crippen molar-refractivity contribution in [2.24, 2.45) is 0 Å². The molecule has 2 saturated heterocycles. The van der Waals surface area contributed by atoms with Gasteiger partial charge in [-0.3, -0.25) is 9.57 Å². The fourth-order valence-corrected chi connectivity index (χ4v) is 4.88. The van der Waals surface area contributed by atoms with Gasteiger partial charge in [-0.05, 0) is 25.0 Å². The maximum Gasteiger partial charge on any atom is 0.260 e. The van der Waals surface area contributed by atoms with Crippen LogP contribution in [-0.2, 0) is 19.3 Å². The highest BCUT2D eigenvalue weighted by molar-refractivity contribution is 7.92. The molecule has 0 aromatic heterocycles. The van der Waals surface area contributed by atoms with Gasteiger partial charge in [0.2, 0.25) is 0 Å². The predicted octanol–water partition coefficient (Wildman–Crippen LogP) is 2.16. The molecule has 3 rings (SSSR count). The molecular formula is C16H21ClN2O4S. The quantitative estimate of drug-likeness (QED) is 0.881. The maximum atomic E-state index is 12.4. The van der Waals surface area contributed by atoms with Gasteiger partial charge in [-0.25, -0.2) is 4.21 Å². The van der Waals surface area contributed by atoms with E-state index >= 15 is 0 Å². The first-order valence-corrected chi connectivity index (χ1v) is 10.2. The third-order valence-corrected chi connectivity index (χ3v) is 6.60.